The molecular formula is C61H94N8O11. The number of carbonyl (C=O) groups is 9. The Morgan fingerprint density at radius 3 is 1.59 bits per heavy atom. The van der Waals surface area contributed by atoms with Crippen LogP contribution in [0, 0.1) is 29.6 Å². The lowest BCUT2D eigenvalue weighted by atomic mass is 9.92. The van der Waals surface area contributed by atoms with E-state index in [-0.39, 0.29) is 38.1 Å². The highest BCUT2D eigenvalue weighted by molar-refractivity contribution is 5.99. The van der Waals surface area contributed by atoms with Gasteiger partial charge in [0.1, 0.15) is 42.3 Å². The number of likely N-dealkylation sites (N-methyl/N-ethyl adjacent to an activating group) is 4. The van der Waals surface area contributed by atoms with Gasteiger partial charge in [-0.2, -0.15) is 0 Å². The van der Waals surface area contributed by atoms with E-state index in [2.05, 4.69) is 16.0 Å². The first-order valence-corrected chi connectivity index (χ1v) is 28.8. The number of carbonyl (C=O) groups excluding carboxylic acids is 9. The molecule has 12 atom stereocenters. The SMILES string of the molecule is CCC(C)[C@@H]1NC(=O)C2CCCN2C(=O)[C@H](Cc2ccccc2)N(C)C(=O)[C@H](Cc2ccccc2)NC(=O)[C@H](C(C)C)N(C)C(=O)[C@H](C(C)CC)OC(=O)[C@H](C(C)(C)O)N(C)C(=O)[C@H](CC(C)C)NC(=O)[C@H](C(C)CC)N(C)C1=O. The second kappa shape index (κ2) is 29.4. The maximum absolute atomic E-state index is 15.3. The first kappa shape index (κ1) is 66.1. The molecule has 80 heavy (non-hydrogen) atoms. The van der Waals surface area contributed by atoms with Gasteiger partial charge >= 0.3 is 5.97 Å². The molecule has 2 aliphatic rings. The molecule has 0 aromatic heterocycles. The summed E-state index contributed by atoms with van der Waals surface area (Å²) in [7, 11) is 5.70. The largest absolute Gasteiger partial charge is 0.450 e. The molecule has 0 saturated carbocycles. The minimum atomic E-state index is -1.97. The average molecular weight is 1120 g/mol. The van der Waals surface area contributed by atoms with Crippen molar-refractivity contribution < 1.29 is 53.0 Å². The monoisotopic (exact) mass is 1110 g/mol. The number of ether oxygens (including phenoxy) is 1. The molecule has 2 heterocycles. The second-order valence-corrected chi connectivity index (χ2v) is 23.8. The van der Waals surface area contributed by atoms with Crippen LogP contribution in [-0.2, 0) is 60.7 Å². The summed E-state index contributed by atoms with van der Waals surface area (Å²) in [5.41, 5.74) is -0.551. The van der Waals surface area contributed by atoms with Crippen molar-refractivity contribution in [2.75, 3.05) is 34.7 Å². The normalized spacial score (nSPS) is 26.7. The molecule has 2 aromatic rings. The highest BCUT2D eigenvalue weighted by Gasteiger charge is 2.48. The summed E-state index contributed by atoms with van der Waals surface area (Å²) in [6.07, 6.45) is 0.543. The predicted molar refractivity (Wildman–Crippen MR) is 306 cm³/mol. The first-order valence-electron chi connectivity index (χ1n) is 28.8. The van der Waals surface area contributed by atoms with Gasteiger partial charge in [0, 0.05) is 53.5 Å². The highest BCUT2D eigenvalue weighted by atomic mass is 16.6. The Balaban J connectivity index is 1.99. The van der Waals surface area contributed by atoms with Gasteiger partial charge in [0.2, 0.25) is 41.4 Å². The number of aliphatic hydroxyl groups is 1. The number of fused-ring (bicyclic) bond motifs is 1. The van der Waals surface area contributed by atoms with Crippen molar-refractivity contribution in [1.29, 1.82) is 0 Å². The number of nitrogens with zero attached hydrogens (tertiary/aromatic N) is 5. The van der Waals surface area contributed by atoms with Crippen LogP contribution in [0.2, 0.25) is 0 Å². The van der Waals surface area contributed by atoms with E-state index < -0.39 is 137 Å². The van der Waals surface area contributed by atoms with Crippen molar-refractivity contribution in [2.24, 2.45) is 29.6 Å². The lowest BCUT2D eigenvalue weighted by Gasteiger charge is -2.40. The predicted octanol–water partition coefficient (Wildman–Crippen LogP) is 4.76. The molecule has 0 spiro atoms. The fourth-order valence-electron chi connectivity index (χ4n) is 11.1. The van der Waals surface area contributed by atoms with Gasteiger partial charge in [-0.05, 0) is 74.3 Å². The highest BCUT2D eigenvalue weighted by Crippen LogP contribution is 2.28. The third-order valence-corrected chi connectivity index (χ3v) is 16.4. The molecule has 444 valence electrons. The maximum atomic E-state index is 15.3. The quantitative estimate of drug-likeness (QED) is 0.188. The Morgan fingerprint density at radius 1 is 0.575 bits per heavy atom. The molecule has 4 rings (SSSR count). The van der Waals surface area contributed by atoms with Gasteiger partial charge in [0.05, 0.1) is 5.60 Å². The van der Waals surface area contributed by atoms with E-state index in [9.17, 15) is 38.7 Å². The second-order valence-electron chi connectivity index (χ2n) is 23.8. The summed E-state index contributed by atoms with van der Waals surface area (Å²) in [4.78, 5) is 141. The standard InChI is InChI=1S/C61H94N8O11/c1-17-38(8)47-58(76)67(15)49(39(9)18-2)54(72)62-43(33-36(4)5)56(74)68(16)51(61(11,12)79)60(78)80-50(40(10)19-3)59(77)66(14)48(37(6)7)53(71)63-44(34-41-27-22-20-23-28-41)55(73)65(13)46(35-42-29-24-21-25-30-42)57(75)69-32-26-31-45(69)52(70)64-47/h20-25,27-30,36-40,43-51,79H,17-19,26,31-35H2,1-16H3,(H,62,72)(H,63,71)(H,64,70)/t38?,39?,40?,43-,44-,45?,46-,47-,48-,49-,50-,51+/m0/s1. The maximum Gasteiger partial charge on any atom is 0.332 e. The molecule has 2 aliphatic heterocycles. The fraction of sp³-hybridized carbons (Fsp3) is 0.656. The third-order valence-electron chi connectivity index (χ3n) is 16.4. The zero-order valence-corrected chi connectivity index (χ0v) is 50.5. The number of hydrogen-bond acceptors (Lipinski definition) is 11. The van der Waals surface area contributed by atoms with E-state index in [1.807, 2.05) is 83.1 Å². The van der Waals surface area contributed by atoms with Crippen LogP contribution in [0.25, 0.3) is 0 Å². The molecule has 2 saturated heterocycles. The van der Waals surface area contributed by atoms with Gasteiger partial charge in [-0.1, -0.05) is 143 Å². The topological polar surface area (TPSA) is 235 Å². The molecule has 8 amide bonds. The first-order chi connectivity index (χ1) is 37.5. The molecule has 0 aliphatic carbocycles. The summed E-state index contributed by atoms with van der Waals surface area (Å²) in [5.74, 6) is -8.56. The molecule has 2 aromatic carbocycles. The van der Waals surface area contributed by atoms with Crippen LogP contribution in [0.4, 0.5) is 0 Å². The van der Waals surface area contributed by atoms with Gasteiger partial charge in [-0.25, -0.2) is 4.79 Å². The van der Waals surface area contributed by atoms with Gasteiger partial charge < -0.3 is 50.3 Å². The van der Waals surface area contributed by atoms with Gasteiger partial charge in [0.25, 0.3) is 5.91 Å². The summed E-state index contributed by atoms with van der Waals surface area (Å²) in [6, 6.07) is 8.14. The number of esters is 1. The van der Waals surface area contributed by atoms with Crippen LogP contribution in [0.3, 0.4) is 0 Å². The van der Waals surface area contributed by atoms with E-state index in [4.69, 9.17) is 4.74 Å². The van der Waals surface area contributed by atoms with Crippen molar-refractivity contribution in [3.05, 3.63) is 71.8 Å². The summed E-state index contributed by atoms with van der Waals surface area (Å²) >= 11 is 0. The van der Waals surface area contributed by atoms with Crippen LogP contribution in [0.1, 0.15) is 133 Å². The number of amides is 8. The molecular weight excluding hydrogens is 1020 g/mol. The molecule has 2 fully saturated rings. The van der Waals surface area contributed by atoms with Gasteiger partial charge in [-0.3, -0.25) is 38.4 Å². The molecule has 0 radical (unpaired) electrons. The summed E-state index contributed by atoms with van der Waals surface area (Å²) in [5, 5.41) is 20.6. The van der Waals surface area contributed by atoms with Crippen molar-refractivity contribution in [3.8, 4) is 0 Å². The van der Waals surface area contributed by atoms with Crippen molar-refractivity contribution in [1.82, 2.24) is 40.4 Å². The zero-order valence-electron chi connectivity index (χ0n) is 50.5. The smallest absolute Gasteiger partial charge is 0.332 e. The molecule has 4 N–H and O–H groups in total. The Morgan fingerprint density at radius 2 is 1.07 bits per heavy atom. The van der Waals surface area contributed by atoms with Gasteiger partial charge in [0.15, 0.2) is 12.1 Å². The van der Waals surface area contributed by atoms with E-state index in [1.165, 1.54) is 61.6 Å². The summed E-state index contributed by atoms with van der Waals surface area (Å²) < 4.78 is 6.11. The molecule has 4 unspecified atom stereocenters. The van der Waals surface area contributed by atoms with Crippen LogP contribution in [0.5, 0.6) is 0 Å². The van der Waals surface area contributed by atoms with Crippen molar-refractivity contribution >= 4 is 53.2 Å². The molecule has 19 nitrogen and oxygen atoms in total. The van der Waals surface area contributed by atoms with Crippen LogP contribution < -0.4 is 16.0 Å². The molecule has 0 bridgehead atoms. The van der Waals surface area contributed by atoms with Crippen LogP contribution in [-0.4, -0.2) is 178 Å². The number of rotatable bonds is 14. The van der Waals surface area contributed by atoms with E-state index in [1.54, 1.807) is 46.8 Å². The summed E-state index contributed by atoms with van der Waals surface area (Å²) in [6.45, 7) is 20.9. The average Bonchev–Trinajstić information content (AvgIpc) is 3.91. The molecule has 19 heteroatoms. The van der Waals surface area contributed by atoms with E-state index in [0.29, 0.717) is 31.2 Å². The number of cyclic esters (lactones) is 1. The minimum absolute atomic E-state index is 0.00654. The number of nitrogens with one attached hydrogen (secondary N) is 3. The van der Waals surface area contributed by atoms with Crippen LogP contribution >= 0.6 is 0 Å². The Labute approximate surface area is 475 Å². The van der Waals surface area contributed by atoms with Crippen molar-refractivity contribution in [2.45, 2.75) is 194 Å². The Bertz CT molecular complexity index is 2450. The van der Waals surface area contributed by atoms with Gasteiger partial charge in [-0.15, -0.1) is 0 Å². The minimum Gasteiger partial charge on any atom is -0.450 e. The zero-order chi connectivity index (χ0) is 60.1. The fourth-order valence-corrected chi connectivity index (χ4v) is 11.1. The third kappa shape index (κ3) is 16.4. The lowest BCUT2D eigenvalue weighted by Crippen LogP contribution is -2.63. The number of hydrogen-bond donors (Lipinski definition) is 4. The van der Waals surface area contributed by atoms with Crippen molar-refractivity contribution in [3.63, 3.8) is 0 Å². The Hall–Kier alpha value is -6.37. The van der Waals surface area contributed by atoms with Crippen LogP contribution in [0.15, 0.2) is 60.7 Å². The Kier molecular flexibility index (Phi) is 24.3. The van der Waals surface area contributed by atoms with E-state index >= 15 is 9.59 Å². The van der Waals surface area contributed by atoms with E-state index in [0.717, 1.165) is 10.5 Å². The lowest BCUT2D eigenvalue weighted by molar-refractivity contribution is -0.177. The number of benzene rings is 2.